The molecule has 0 N–H and O–H groups in total. The van der Waals surface area contributed by atoms with Crippen molar-refractivity contribution in [3.8, 4) is 5.75 Å². The number of halogens is 1. The maximum atomic E-state index is 11.4. The molecule has 0 fully saturated rings. The highest BCUT2D eigenvalue weighted by molar-refractivity contribution is 7.86. The Hall–Kier alpha value is -0.820. The van der Waals surface area contributed by atoms with E-state index in [0.717, 1.165) is 7.11 Å². The van der Waals surface area contributed by atoms with Crippen LogP contribution in [-0.4, -0.2) is 22.6 Å². The molecule has 0 spiro atoms. The summed E-state index contributed by atoms with van der Waals surface area (Å²) in [7, 11) is -1.41. The summed E-state index contributed by atoms with van der Waals surface area (Å²) < 4.78 is 31.8. The van der Waals surface area contributed by atoms with Crippen LogP contribution in [0.15, 0.2) is 29.2 Å². The summed E-state index contributed by atoms with van der Waals surface area (Å²) in [4.78, 5) is 4.05. The van der Waals surface area contributed by atoms with E-state index in [4.69, 9.17) is 4.74 Å². The quantitative estimate of drug-likeness (QED) is 0.600. The van der Waals surface area contributed by atoms with Crippen LogP contribution in [0.25, 0.3) is 0 Å². The molecule has 1 aromatic rings. The maximum Gasteiger partial charge on any atom is 0.326 e. The number of benzene rings is 1. The number of ether oxygens (including phenoxy) is 1. The molecule has 15 heavy (non-hydrogen) atoms. The Morgan fingerprint density at radius 3 is 2.27 bits per heavy atom. The van der Waals surface area contributed by atoms with Crippen LogP contribution in [0.5, 0.6) is 5.75 Å². The van der Waals surface area contributed by atoms with Crippen molar-refractivity contribution in [1.82, 2.24) is 0 Å². The lowest BCUT2D eigenvalue weighted by molar-refractivity contribution is -0.172. The van der Waals surface area contributed by atoms with Crippen LogP contribution in [0.1, 0.15) is 0 Å². The molecule has 0 aliphatic rings. The van der Waals surface area contributed by atoms with Gasteiger partial charge in [0.15, 0.2) is 0 Å². The molecule has 0 unspecified atom stereocenters. The molecule has 0 heterocycles. The minimum atomic E-state index is -3.90. The SMILES string of the molecule is COOS(=O)(=O)c1ccccc1OC.Cl. The lowest BCUT2D eigenvalue weighted by Crippen LogP contribution is -2.07. The van der Waals surface area contributed by atoms with Crippen molar-refractivity contribution in [1.29, 1.82) is 0 Å². The summed E-state index contributed by atoms with van der Waals surface area (Å²) >= 11 is 0. The van der Waals surface area contributed by atoms with Crippen molar-refractivity contribution in [2.24, 2.45) is 0 Å². The van der Waals surface area contributed by atoms with Crippen LogP contribution in [0.4, 0.5) is 0 Å². The van der Waals surface area contributed by atoms with E-state index >= 15 is 0 Å². The predicted molar refractivity (Wildman–Crippen MR) is 55.5 cm³/mol. The van der Waals surface area contributed by atoms with E-state index in [1.165, 1.54) is 19.2 Å². The van der Waals surface area contributed by atoms with Gasteiger partial charge in [-0.2, -0.15) is 8.42 Å². The molecule has 0 atom stereocenters. The summed E-state index contributed by atoms with van der Waals surface area (Å²) in [6.07, 6.45) is 0. The lowest BCUT2D eigenvalue weighted by Gasteiger charge is -2.06. The smallest absolute Gasteiger partial charge is 0.326 e. The third-order valence-electron chi connectivity index (χ3n) is 1.50. The van der Waals surface area contributed by atoms with E-state index in [1.54, 1.807) is 12.1 Å². The summed E-state index contributed by atoms with van der Waals surface area (Å²) in [5.41, 5.74) is 0. The fraction of sp³-hybridized carbons (Fsp3) is 0.250. The van der Waals surface area contributed by atoms with Crippen LogP contribution in [-0.2, 0) is 19.3 Å². The van der Waals surface area contributed by atoms with Gasteiger partial charge in [0, 0.05) is 0 Å². The Balaban J connectivity index is 0.00000196. The van der Waals surface area contributed by atoms with Gasteiger partial charge in [-0.3, -0.25) is 0 Å². The second kappa shape index (κ2) is 5.92. The Bertz CT molecular complexity index is 403. The van der Waals surface area contributed by atoms with Gasteiger partial charge in [0.1, 0.15) is 10.6 Å². The monoisotopic (exact) mass is 254 g/mol. The molecule has 1 aromatic carbocycles. The second-order valence-electron chi connectivity index (χ2n) is 2.34. The number of hydrogen-bond acceptors (Lipinski definition) is 5. The van der Waals surface area contributed by atoms with Crippen molar-refractivity contribution >= 4 is 22.5 Å². The molecule has 0 saturated heterocycles. The Morgan fingerprint density at radius 1 is 1.13 bits per heavy atom. The first-order chi connectivity index (χ1) is 6.61. The number of methoxy groups -OCH3 is 1. The van der Waals surface area contributed by atoms with Gasteiger partial charge in [-0.05, 0) is 12.1 Å². The van der Waals surface area contributed by atoms with Crippen LogP contribution in [0.3, 0.4) is 0 Å². The highest BCUT2D eigenvalue weighted by Gasteiger charge is 2.20. The molecule has 5 nitrogen and oxygen atoms in total. The molecular formula is C8H11ClO5S. The van der Waals surface area contributed by atoms with Gasteiger partial charge < -0.3 is 4.74 Å². The largest absolute Gasteiger partial charge is 0.495 e. The third kappa shape index (κ3) is 3.35. The van der Waals surface area contributed by atoms with Gasteiger partial charge in [-0.25, -0.2) is 4.89 Å². The standard InChI is InChI=1S/C8H10O5S.ClH/c1-11-7-5-3-4-6-8(7)14(9,10)13-12-2;/h3-6H,1-2H3;1H. The zero-order valence-corrected chi connectivity index (χ0v) is 9.80. The Morgan fingerprint density at radius 2 is 1.73 bits per heavy atom. The predicted octanol–water partition coefficient (Wildman–Crippen LogP) is 1.38. The van der Waals surface area contributed by atoms with Crippen LogP contribution >= 0.6 is 12.4 Å². The van der Waals surface area contributed by atoms with Crippen molar-refractivity contribution in [3.05, 3.63) is 24.3 Å². The van der Waals surface area contributed by atoms with Gasteiger partial charge >= 0.3 is 10.1 Å². The molecule has 0 radical (unpaired) electrons. The van der Waals surface area contributed by atoms with Gasteiger partial charge in [-0.15, -0.1) is 16.7 Å². The lowest BCUT2D eigenvalue weighted by atomic mass is 10.3. The minimum absolute atomic E-state index is 0. The van der Waals surface area contributed by atoms with Crippen LogP contribution in [0.2, 0.25) is 0 Å². The normalized spacial score (nSPS) is 10.5. The van der Waals surface area contributed by atoms with Crippen molar-refractivity contribution < 1.29 is 22.4 Å². The molecule has 86 valence electrons. The Labute approximate surface area is 94.4 Å². The van der Waals surface area contributed by atoms with Crippen LogP contribution < -0.4 is 4.74 Å². The summed E-state index contributed by atoms with van der Waals surface area (Å²) in [6, 6.07) is 6.11. The topological polar surface area (TPSA) is 61.8 Å². The van der Waals surface area contributed by atoms with E-state index in [0.29, 0.717) is 0 Å². The molecular weight excluding hydrogens is 244 g/mol. The average molecular weight is 255 g/mol. The van der Waals surface area contributed by atoms with Gasteiger partial charge in [0.05, 0.1) is 14.2 Å². The highest BCUT2D eigenvalue weighted by Crippen LogP contribution is 2.24. The highest BCUT2D eigenvalue weighted by atomic mass is 35.5. The molecule has 0 aliphatic carbocycles. The van der Waals surface area contributed by atoms with Crippen molar-refractivity contribution in [2.75, 3.05) is 14.2 Å². The molecule has 7 heteroatoms. The van der Waals surface area contributed by atoms with E-state index in [-0.39, 0.29) is 23.1 Å². The molecule has 0 bridgehead atoms. The first-order valence-corrected chi connectivity index (χ1v) is 5.13. The minimum Gasteiger partial charge on any atom is -0.495 e. The van der Waals surface area contributed by atoms with E-state index in [2.05, 4.69) is 9.22 Å². The zero-order chi connectivity index (χ0) is 10.6. The summed E-state index contributed by atoms with van der Waals surface area (Å²) in [5.74, 6) is 0.213. The van der Waals surface area contributed by atoms with E-state index in [1.807, 2.05) is 0 Å². The first-order valence-electron chi connectivity index (χ1n) is 3.72. The zero-order valence-electron chi connectivity index (χ0n) is 8.17. The number of para-hydroxylation sites is 1. The van der Waals surface area contributed by atoms with Crippen molar-refractivity contribution in [2.45, 2.75) is 4.90 Å². The van der Waals surface area contributed by atoms with Gasteiger partial charge in [0.2, 0.25) is 0 Å². The van der Waals surface area contributed by atoms with E-state index < -0.39 is 10.1 Å². The summed E-state index contributed by atoms with van der Waals surface area (Å²) in [5, 5.41) is 0. The van der Waals surface area contributed by atoms with Crippen LogP contribution in [0, 0.1) is 0 Å². The molecule has 0 aliphatic heterocycles. The average Bonchev–Trinajstić information content (AvgIpc) is 2.18. The Kier molecular flexibility index (Phi) is 5.59. The molecule has 0 amide bonds. The second-order valence-corrected chi connectivity index (χ2v) is 3.82. The number of hydrogen-bond donors (Lipinski definition) is 0. The van der Waals surface area contributed by atoms with E-state index in [9.17, 15) is 8.42 Å². The molecule has 1 rings (SSSR count). The summed E-state index contributed by atoms with van der Waals surface area (Å²) in [6.45, 7) is 0. The molecule has 0 aromatic heterocycles. The third-order valence-corrected chi connectivity index (χ3v) is 2.69. The maximum absolute atomic E-state index is 11.4. The fourth-order valence-electron chi connectivity index (χ4n) is 0.952. The van der Waals surface area contributed by atoms with Gasteiger partial charge in [0.25, 0.3) is 0 Å². The van der Waals surface area contributed by atoms with Gasteiger partial charge in [-0.1, -0.05) is 12.1 Å². The fourth-order valence-corrected chi connectivity index (χ4v) is 1.85. The molecule has 0 saturated carbocycles. The number of rotatable bonds is 4. The first kappa shape index (κ1) is 14.2. The van der Waals surface area contributed by atoms with Crippen molar-refractivity contribution in [3.63, 3.8) is 0 Å².